The van der Waals surface area contributed by atoms with Crippen molar-refractivity contribution in [3.63, 3.8) is 0 Å². The standard InChI is InChI=1S/C20H28ClN5OS/c1-15-24-18(14-28-15)13-25(3)20(22-2)23-12-19(26-7-9-27-10-8-26)16-5-4-6-17(21)11-16/h4-6,11,14,19H,7-10,12-13H2,1-3H3,(H,22,23). The smallest absolute Gasteiger partial charge is 0.193 e. The van der Waals surface area contributed by atoms with E-state index in [9.17, 15) is 0 Å². The molecule has 2 heterocycles. The van der Waals surface area contributed by atoms with Gasteiger partial charge in [-0.1, -0.05) is 23.7 Å². The number of halogens is 1. The fourth-order valence-corrected chi connectivity index (χ4v) is 4.23. The third-order valence-electron chi connectivity index (χ3n) is 4.81. The molecule has 1 saturated heterocycles. The molecule has 1 aromatic heterocycles. The molecule has 0 bridgehead atoms. The van der Waals surface area contributed by atoms with Crippen LogP contribution in [-0.2, 0) is 11.3 Å². The van der Waals surface area contributed by atoms with E-state index in [1.54, 1.807) is 11.3 Å². The molecule has 3 rings (SSSR count). The Morgan fingerprint density at radius 3 is 2.86 bits per heavy atom. The number of morpholine rings is 1. The second-order valence-corrected chi connectivity index (χ2v) is 8.36. The fraction of sp³-hybridized carbons (Fsp3) is 0.500. The van der Waals surface area contributed by atoms with E-state index in [1.165, 1.54) is 5.56 Å². The maximum atomic E-state index is 6.26. The van der Waals surface area contributed by atoms with Gasteiger partial charge in [-0.3, -0.25) is 9.89 Å². The lowest BCUT2D eigenvalue weighted by atomic mass is 10.0. The van der Waals surface area contributed by atoms with Crippen LogP contribution in [-0.4, -0.2) is 67.7 Å². The summed E-state index contributed by atoms with van der Waals surface area (Å²) >= 11 is 7.93. The number of rotatable bonds is 6. The summed E-state index contributed by atoms with van der Waals surface area (Å²) in [5, 5.41) is 7.48. The summed E-state index contributed by atoms with van der Waals surface area (Å²) in [5.41, 5.74) is 2.27. The molecule has 1 aliphatic heterocycles. The molecule has 0 radical (unpaired) electrons. The van der Waals surface area contributed by atoms with Gasteiger partial charge in [-0.2, -0.15) is 0 Å². The zero-order valence-electron chi connectivity index (χ0n) is 16.7. The third-order valence-corrected chi connectivity index (χ3v) is 5.87. The summed E-state index contributed by atoms with van der Waals surface area (Å²) in [6.07, 6.45) is 0. The quantitative estimate of drug-likeness (QED) is 0.573. The number of thiazole rings is 1. The number of nitrogens with one attached hydrogen (secondary N) is 1. The Labute approximate surface area is 176 Å². The van der Waals surface area contributed by atoms with E-state index in [2.05, 4.69) is 36.5 Å². The van der Waals surface area contributed by atoms with Gasteiger partial charge in [-0.05, 0) is 24.6 Å². The summed E-state index contributed by atoms with van der Waals surface area (Å²) in [5.74, 6) is 0.853. The summed E-state index contributed by atoms with van der Waals surface area (Å²) < 4.78 is 5.54. The van der Waals surface area contributed by atoms with E-state index in [-0.39, 0.29) is 6.04 Å². The molecule has 1 fully saturated rings. The number of aliphatic imine (C=N–C) groups is 1. The number of aryl methyl sites for hydroxylation is 1. The van der Waals surface area contributed by atoms with Crippen LogP contribution < -0.4 is 5.32 Å². The number of guanidine groups is 1. The number of ether oxygens (including phenoxy) is 1. The predicted molar refractivity (Wildman–Crippen MR) is 116 cm³/mol. The van der Waals surface area contributed by atoms with Gasteiger partial charge in [0.05, 0.1) is 36.5 Å². The molecule has 1 N–H and O–H groups in total. The summed E-state index contributed by atoms with van der Waals surface area (Å²) in [7, 11) is 3.85. The molecular formula is C20H28ClN5OS. The van der Waals surface area contributed by atoms with Gasteiger partial charge in [0.1, 0.15) is 0 Å². The monoisotopic (exact) mass is 421 g/mol. The van der Waals surface area contributed by atoms with Crippen molar-refractivity contribution in [3.8, 4) is 0 Å². The highest BCUT2D eigenvalue weighted by Crippen LogP contribution is 2.24. The maximum Gasteiger partial charge on any atom is 0.193 e. The lowest BCUT2D eigenvalue weighted by Crippen LogP contribution is -2.46. The fourth-order valence-electron chi connectivity index (χ4n) is 3.43. The van der Waals surface area contributed by atoms with Crippen molar-refractivity contribution in [2.75, 3.05) is 46.9 Å². The minimum absolute atomic E-state index is 0.203. The Hall–Kier alpha value is -1.67. The number of benzene rings is 1. The van der Waals surface area contributed by atoms with Gasteiger partial charge in [-0.15, -0.1) is 11.3 Å². The van der Waals surface area contributed by atoms with E-state index in [4.69, 9.17) is 16.3 Å². The molecule has 0 saturated carbocycles. The van der Waals surface area contributed by atoms with Crippen LogP contribution in [0.25, 0.3) is 0 Å². The SMILES string of the molecule is CN=C(NCC(c1cccc(Cl)c1)N1CCOCC1)N(C)Cc1csc(C)n1. The first-order valence-electron chi connectivity index (χ1n) is 9.47. The molecule has 2 aromatic rings. The molecule has 6 nitrogen and oxygen atoms in total. The van der Waals surface area contributed by atoms with E-state index in [0.717, 1.165) is 61.1 Å². The molecule has 28 heavy (non-hydrogen) atoms. The number of aromatic nitrogens is 1. The zero-order chi connectivity index (χ0) is 19.9. The first kappa shape index (κ1) is 21.0. The van der Waals surface area contributed by atoms with Crippen molar-refractivity contribution in [2.45, 2.75) is 19.5 Å². The second-order valence-electron chi connectivity index (χ2n) is 6.86. The largest absolute Gasteiger partial charge is 0.379 e. The Morgan fingerprint density at radius 2 is 2.21 bits per heavy atom. The maximum absolute atomic E-state index is 6.26. The average Bonchev–Trinajstić information content (AvgIpc) is 3.10. The van der Waals surface area contributed by atoms with E-state index in [0.29, 0.717) is 0 Å². The number of nitrogens with zero attached hydrogens (tertiary/aromatic N) is 4. The Balaban J connectivity index is 1.68. The van der Waals surface area contributed by atoms with Crippen LogP contribution in [0.1, 0.15) is 22.3 Å². The van der Waals surface area contributed by atoms with Crippen molar-refractivity contribution in [3.05, 3.63) is 50.9 Å². The van der Waals surface area contributed by atoms with Crippen molar-refractivity contribution in [1.29, 1.82) is 0 Å². The highest BCUT2D eigenvalue weighted by molar-refractivity contribution is 7.09. The Bertz CT molecular complexity index is 790. The van der Waals surface area contributed by atoms with Gasteiger partial charge in [0.15, 0.2) is 5.96 Å². The third kappa shape index (κ3) is 5.67. The molecule has 1 atom stereocenters. The van der Waals surface area contributed by atoms with Crippen LogP contribution in [0.4, 0.5) is 0 Å². The topological polar surface area (TPSA) is 53.0 Å². The highest BCUT2D eigenvalue weighted by Gasteiger charge is 2.23. The van der Waals surface area contributed by atoms with Crippen LogP contribution in [0.15, 0.2) is 34.6 Å². The molecule has 0 amide bonds. The molecule has 8 heteroatoms. The van der Waals surface area contributed by atoms with Gasteiger partial charge in [0.25, 0.3) is 0 Å². The van der Waals surface area contributed by atoms with Gasteiger partial charge < -0.3 is 15.0 Å². The Kier molecular flexibility index (Phi) is 7.67. The van der Waals surface area contributed by atoms with E-state index in [1.807, 2.05) is 39.2 Å². The van der Waals surface area contributed by atoms with Gasteiger partial charge in [0, 0.05) is 44.1 Å². The van der Waals surface area contributed by atoms with Crippen LogP contribution in [0, 0.1) is 6.92 Å². The van der Waals surface area contributed by atoms with Gasteiger partial charge in [-0.25, -0.2) is 4.98 Å². The second kappa shape index (κ2) is 10.2. The minimum atomic E-state index is 0.203. The molecule has 0 aliphatic carbocycles. The van der Waals surface area contributed by atoms with Crippen molar-refractivity contribution in [2.24, 2.45) is 4.99 Å². The van der Waals surface area contributed by atoms with Gasteiger partial charge >= 0.3 is 0 Å². The molecule has 0 spiro atoms. The lowest BCUT2D eigenvalue weighted by Gasteiger charge is -2.35. The number of hydrogen-bond acceptors (Lipinski definition) is 5. The highest BCUT2D eigenvalue weighted by atomic mass is 35.5. The van der Waals surface area contributed by atoms with E-state index >= 15 is 0 Å². The average molecular weight is 422 g/mol. The lowest BCUT2D eigenvalue weighted by molar-refractivity contribution is 0.0169. The minimum Gasteiger partial charge on any atom is -0.379 e. The first-order valence-corrected chi connectivity index (χ1v) is 10.7. The van der Waals surface area contributed by atoms with Crippen LogP contribution in [0.2, 0.25) is 5.02 Å². The normalized spacial score (nSPS) is 16.8. The molecule has 152 valence electrons. The Morgan fingerprint density at radius 1 is 1.43 bits per heavy atom. The van der Waals surface area contributed by atoms with Crippen molar-refractivity contribution >= 4 is 28.9 Å². The predicted octanol–water partition coefficient (Wildman–Crippen LogP) is 3.19. The van der Waals surface area contributed by atoms with Crippen molar-refractivity contribution in [1.82, 2.24) is 20.1 Å². The molecule has 1 aliphatic rings. The van der Waals surface area contributed by atoms with Crippen LogP contribution in [0.5, 0.6) is 0 Å². The van der Waals surface area contributed by atoms with Crippen molar-refractivity contribution < 1.29 is 4.74 Å². The first-order chi connectivity index (χ1) is 13.6. The summed E-state index contributed by atoms with van der Waals surface area (Å²) in [6, 6.07) is 8.31. The molecule has 1 aromatic carbocycles. The summed E-state index contributed by atoms with van der Waals surface area (Å²) in [6.45, 7) is 6.83. The zero-order valence-corrected chi connectivity index (χ0v) is 18.3. The van der Waals surface area contributed by atoms with Crippen LogP contribution >= 0.6 is 22.9 Å². The molecule has 1 unspecified atom stereocenters. The van der Waals surface area contributed by atoms with E-state index < -0.39 is 0 Å². The number of hydrogen-bond donors (Lipinski definition) is 1. The molecular weight excluding hydrogens is 394 g/mol. The van der Waals surface area contributed by atoms with Gasteiger partial charge in [0.2, 0.25) is 0 Å². The van der Waals surface area contributed by atoms with Crippen LogP contribution in [0.3, 0.4) is 0 Å². The summed E-state index contributed by atoms with van der Waals surface area (Å²) in [4.78, 5) is 13.6.